The minimum Gasteiger partial charge on any atom is -0.468 e. The normalized spacial score (nSPS) is 11.5. The van der Waals surface area contributed by atoms with E-state index in [4.69, 9.17) is 4.42 Å². The van der Waals surface area contributed by atoms with Gasteiger partial charge in [-0.1, -0.05) is 31.2 Å². The minimum absolute atomic E-state index is 0.000796. The summed E-state index contributed by atoms with van der Waals surface area (Å²) in [4.78, 5) is 25.7. The maximum Gasteiger partial charge on any atom is 0.276 e. The summed E-state index contributed by atoms with van der Waals surface area (Å²) in [6, 6.07) is 16.0. The van der Waals surface area contributed by atoms with Crippen LogP contribution in [0.2, 0.25) is 0 Å². The van der Waals surface area contributed by atoms with Crippen molar-refractivity contribution < 1.29 is 17.6 Å². The standard InChI is InChI=1S/C23H22N4O5S/c1-2-12-27-23(29)20-11-4-3-10-19(20)21(26-27)22(28)25-16-7-5-9-18(14-16)33(30,31)24-15-17-8-6-13-32-17/h3-11,13-14,24H,2,12,15H2,1H3,(H,25,28). The molecule has 33 heavy (non-hydrogen) atoms. The van der Waals surface area contributed by atoms with Crippen molar-refractivity contribution in [2.24, 2.45) is 0 Å². The Morgan fingerprint density at radius 2 is 1.85 bits per heavy atom. The predicted octanol–water partition coefficient (Wildman–Crippen LogP) is 3.13. The van der Waals surface area contributed by atoms with Gasteiger partial charge in [-0.05, 0) is 42.8 Å². The summed E-state index contributed by atoms with van der Waals surface area (Å²) in [6.07, 6.45) is 2.14. The molecule has 1 amide bonds. The van der Waals surface area contributed by atoms with Crippen LogP contribution in [0.15, 0.2) is 81.0 Å². The molecule has 0 radical (unpaired) electrons. The predicted molar refractivity (Wildman–Crippen MR) is 123 cm³/mol. The zero-order valence-electron chi connectivity index (χ0n) is 17.8. The van der Waals surface area contributed by atoms with Gasteiger partial charge in [0.25, 0.3) is 11.5 Å². The third-order valence-corrected chi connectivity index (χ3v) is 6.34. The highest BCUT2D eigenvalue weighted by molar-refractivity contribution is 7.89. The van der Waals surface area contributed by atoms with E-state index < -0.39 is 15.9 Å². The summed E-state index contributed by atoms with van der Waals surface area (Å²) in [5.74, 6) is -0.0719. The van der Waals surface area contributed by atoms with Gasteiger partial charge in [0.2, 0.25) is 10.0 Å². The Morgan fingerprint density at radius 3 is 2.58 bits per heavy atom. The number of rotatable bonds is 8. The Morgan fingerprint density at radius 1 is 1.06 bits per heavy atom. The fourth-order valence-electron chi connectivity index (χ4n) is 3.36. The Labute approximate surface area is 190 Å². The summed E-state index contributed by atoms with van der Waals surface area (Å²) in [6.45, 7) is 2.29. The zero-order chi connectivity index (χ0) is 23.4. The highest BCUT2D eigenvalue weighted by Gasteiger charge is 2.19. The molecule has 170 valence electrons. The number of sulfonamides is 1. The molecule has 2 aromatic carbocycles. The van der Waals surface area contributed by atoms with Crippen molar-refractivity contribution in [3.63, 3.8) is 0 Å². The van der Waals surface area contributed by atoms with Crippen LogP contribution >= 0.6 is 0 Å². The van der Waals surface area contributed by atoms with Gasteiger partial charge in [0.05, 0.1) is 23.1 Å². The molecule has 2 heterocycles. The molecule has 0 spiro atoms. The van der Waals surface area contributed by atoms with Gasteiger partial charge >= 0.3 is 0 Å². The van der Waals surface area contributed by atoms with Crippen LogP contribution in [0.1, 0.15) is 29.6 Å². The summed E-state index contributed by atoms with van der Waals surface area (Å²) in [5, 5.41) is 7.78. The number of benzene rings is 2. The first kappa shape index (κ1) is 22.4. The van der Waals surface area contributed by atoms with Gasteiger partial charge in [0.15, 0.2) is 5.69 Å². The lowest BCUT2D eigenvalue weighted by molar-refractivity contribution is 0.102. The fraction of sp³-hybridized carbons (Fsp3) is 0.174. The number of carbonyl (C=O) groups is 1. The average Bonchev–Trinajstić information content (AvgIpc) is 3.34. The molecule has 2 aromatic heterocycles. The van der Waals surface area contributed by atoms with Gasteiger partial charge in [0.1, 0.15) is 5.76 Å². The summed E-state index contributed by atoms with van der Waals surface area (Å²) in [5.41, 5.74) is 0.0996. The van der Waals surface area contributed by atoms with Crippen molar-refractivity contribution in [3.8, 4) is 0 Å². The van der Waals surface area contributed by atoms with Gasteiger partial charge < -0.3 is 9.73 Å². The number of nitrogens with zero attached hydrogens (tertiary/aromatic N) is 2. The van der Waals surface area contributed by atoms with E-state index in [1.54, 1.807) is 42.5 Å². The second-order valence-corrected chi connectivity index (χ2v) is 9.08. The van der Waals surface area contributed by atoms with Crippen molar-refractivity contribution >= 4 is 32.4 Å². The summed E-state index contributed by atoms with van der Waals surface area (Å²) < 4.78 is 34.2. The van der Waals surface area contributed by atoms with Crippen LogP contribution in [0.25, 0.3) is 10.8 Å². The number of fused-ring (bicyclic) bond motifs is 1. The largest absolute Gasteiger partial charge is 0.468 e. The van der Waals surface area contributed by atoms with E-state index in [-0.39, 0.29) is 28.4 Å². The number of nitrogens with one attached hydrogen (secondary N) is 2. The zero-order valence-corrected chi connectivity index (χ0v) is 18.6. The first-order valence-corrected chi connectivity index (χ1v) is 11.8. The monoisotopic (exact) mass is 466 g/mol. The van der Waals surface area contributed by atoms with Crippen molar-refractivity contribution in [2.45, 2.75) is 31.3 Å². The molecule has 0 unspecified atom stereocenters. The highest BCUT2D eigenvalue weighted by atomic mass is 32.2. The lowest BCUT2D eigenvalue weighted by Crippen LogP contribution is -2.27. The molecule has 4 rings (SSSR count). The molecule has 2 N–H and O–H groups in total. The number of hydrogen-bond acceptors (Lipinski definition) is 6. The van der Waals surface area contributed by atoms with E-state index in [2.05, 4.69) is 15.1 Å². The van der Waals surface area contributed by atoms with E-state index in [9.17, 15) is 18.0 Å². The molecule has 0 saturated carbocycles. The van der Waals surface area contributed by atoms with Crippen molar-refractivity contribution in [3.05, 3.63) is 88.7 Å². The first-order chi connectivity index (χ1) is 15.9. The van der Waals surface area contributed by atoms with Gasteiger partial charge in [-0.15, -0.1) is 0 Å². The Bertz CT molecular complexity index is 1460. The molecule has 10 heteroatoms. The lowest BCUT2D eigenvalue weighted by Gasteiger charge is -2.12. The molecule has 0 atom stereocenters. The van der Waals surface area contributed by atoms with Gasteiger partial charge in [-0.3, -0.25) is 9.59 Å². The number of aromatic nitrogens is 2. The van der Waals surface area contributed by atoms with E-state index in [1.165, 1.54) is 29.1 Å². The molecule has 4 aromatic rings. The second-order valence-electron chi connectivity index (χ2n) is 7.31. The Kier molecular flexibility index (Phi) is 6.38. The van der Waals surface area contributed by atoms with Crippen LogP contribution in [0.5, 0.6) is 0 Å². The summed E-state index contributed by atoms with van der Waals surface area (Å²) in [7, 11) is -3.84. The van der Waals surface area contributed by atoms with E-state index in [0.29, 0.717) is 29.5 Å². The lowest BCUT2D eigenvalue weighted by atomic mass is 10.1. The topological polar surface area (TPSA) is 123 Å². The number of anilines is 1. The van der Waals surface area contributed by atoms with Crippen molar-refractivity contribution in [1.29, 1.82) is 0 Å². The molecule has 0 fully saturated rings. The van der Waals surface area contributed by atoms with Crippen LogP contribution in [-0.4, -0.2) is 24.1 Å². The Balaban J connectivity index is 1.61. The van der Waals surface area contributed by atoms with Gasteiger partial charge in [-0.25, -0.2) is 17.8 Å². The van der Waals surface area contributed by atoms with Crippen molar-refractivity contribution in [1.82, 2.24) is 14.5 Å². The second kappa shape index (κ2) is 9.39. The van der Waals surface area contributed by atoms with Crippen LogP contribution in [0, 0.1) is 0 Å². The van der Waals surface area contributed by atoms with Crippen LogP contribution in [-0.2, 0) is 23.1 Å². The third-order valence-electron chi connectivity index (χ3n) is 4.94. The molecule has 0 aliphatic heterocycles. The number of furan rings is 1. The quantitative estimate of drug-likeness (QED) is 0.411. The maximum absolute atomic E-state index is 13.1. The molecule has 9 nitrogen and oxygen atoms in total. The smallest absolute Gasteiger partial charge is 0.276 e. The molecular weight excluding hydrogens is 444 g/mol. The average molecular weight is 467 g/mol. The van der Waals surface area contributed by atoms with E-state index in [1.807, 2.05) is 6.92 Å². The van der Waals surface area contributed by atoms with E-state index >= 15 is 0 Å². The van der Waals surface area contributed by atoms with Crippen LogP contribution < -0.4 is 15.6 Å². The SMILES string of the molecule is CCCn1nc(C(=O)Nc2cccc(S(=O)(=O)NCc3ccco3)c2)c2ccccc2c1=O. The van der Waals surface area contributed by atoms with Gasteiger partial charge in [-0.2, -0.15) is 5.10 Å². The number of hydrogen-bond donors (Lipinski definition) is 2. The number of amides is 1. The fourth-order valence-corrected chi connectivity index (χ4v) is 4.40. The number of aryl methyl sites for hydroxylation is 1. The molecule has 0 bridgehead atoms. The van der Waals surface area contributed by atoms with Gasteiger partial charge in [0, 0.05) is 17.6 Å². The van der Waals surface area contributed by atoms with Crippen LogP contribution in [0.3, 0.4) is 0 Å². The third kappa shape index (κ3) is 4.86. The Hall–Kier alpha value is -3.76. The number of carbonyl (C=O) groups excluding carboxylic acids is 1. The highest BCUT2D eigenvalue weighted by Crippen LogP contribution is 2.19. The maximum atomic E-state index is 13.1. The summed E-state index contributed by atoms with van der Waals surface area (Å²) >= 11 is 0. The minimum atomic E-state index is -3.84. The molecular formula is C23H22N4O5S. The molecule has 0 aliphatic rings. The van der Waals surface area contributed by atoms with Crippen LogP contribution in [0.4, 0.5) is 5.69 Å². The molecule has 0 aliphatic carbocycles. The van der Waals surface area contributed by atoms with E-state index in [0.717, 1.165) is 0 Å². The molecule has 0 saturated heterocycles. The van der Waals surface area contributed by atoms with Crippen molar-refractivity contribution in [2.75, 3.05) is 5.32 Å². The first-order valence-electron chi connectivity index (χ1n) is 10.3.